The van der Waals surface area contributed by atoms with E-state index in [0.29, 0.717) is 11.3 Å². The molecule has 1 atom stereocenters. The van der Waals surface area contributed by atoms with Crippen LogP contribution in [-0.4, -0.2) is 30.1 Å². The Balaban J connectivity index is 2.14. The number of rotatable bonds is 3. The molecule has 0 spiro atoms. The first kappa shape index (κ1) is 17.0. The molecule has 2 amide bonds. The second-order valence-corrected chi connectivity index (χ2v) is 6.44. The number of urea groups is 1. The van der Waals surface area contributed by atoms with Gasteiger partial charge in [0, 0.05) is 11.7 Å². The van der Waals surface area contributed by atoms with E-state index < -0.39 is 12.0 Å². The van der Waals surface area contributed by atoms with Gasteiger partial charge in [-0.2, -0.15) is 0 Å². The highest BCUT2D eigenvalue weighted by Crippen LogP contribution is 2.33. The van der Waals surface area contributed by atoms with E-state index in [1.54, 1.807) is 11.8 Å². The van der Waals surface area contributed by atoms with E-state index in [0.717, 1.165) is 16.3 Å². The zero-order valence-electron chi connectivity index (χ0n) is 14.9. The van der Waals surface area contributed by atoms with Crippen molar-refractivity contribution in [1.82, 2.24) is 10.2 Å². The van der Waals surface area contributed by atoms with Crippen LogP contribution in [0.25, 0.3) is 10.8 Å². The van der Waals surface area contributed by atoms with Gasteiger partial charge in [0.2, 0.25) is 0 Å². The second-order valence-electron chi connectivity index (χ2n) is 6.44. The third kappa shape index (κ3) is 2.97. The van der Waals surface area contributed by atoms with E-state index in [1.807, 2.05) is 56.3 Å². The molecule has 5 nitrogen and oxygen atoms in total. The van der Waals surface area contributed by atoms with Crippen molar-refractivity contribution in [2.24, 2.45) is 0 Å². The lowest BCUT2D eigenvalue weighted by molar-refractivity contribution is -0.136. The van der Waals surface area contributed by atoms with Crippen molar-refractivity contribution in [2.75, 3.05) is 7.11 Å². The molecule has 0 bridgehead atoms. The predicted octanol–water partition coefficient (Wildman–Crippen LogP) is 3.76. The minimum Gasteiger partial charge on any atom is -0.466 e. The molecule has 2 aromatic rings. The fraction of sp³-hybridized carbons (Fsp3) is 0.300. The Bertz CT molecular complexity index is 870. The summed E-state index contributed by atoms with van der Waals surface area (Å²) in [5.74, 6) is -0.429. The maximum Gasteiger partial charge on any atom is 0.337 e. The summed E-state index contributed by atoms with van der Waals surface area (Å²) in [6.45, 7) is 5.61. The van der Waals surface area contributed by atoms with E-state index in [1.165, 1.54) is 7.11 Å². The van der Waals surface area contributed by atoms with Gasteiger partial charge in [0.25, 0.3) is 0 Å². The number of fused-ring (bicyclic) bond motifs is 1. The molecule has 1 aliphatic rings. The Morgan fingerprint density at radius 2 is 1.84 bits per heavy atom. The summed E-state index contributed by atoms with van der Waals surface area (Å²) in [5, 5.41) is 5.12. The van der Waals surface area contributed by atoms with Gasteiger partial charge < -0.3 is 10.1 Å². The molecule has 25 heavy (non-hydrogen) atoms. The van der Waals surface area contributed by atoms with Crippen molar-refractivity contribution < 1.29 is 14.3 Å². The quantitative estimate of drug-likeness (QED) is 0.867. The number of carbonyl (C=O) groups excluding carboxylic acids is 2. The normalized spacial score (nSPS) is 17.9. The zero-order valence-corrected chi connectivity index (χ0v) is 14.9. The average Bonchev–Trinajstić information content (AvgIpc) is 2.59. The number of nitrogens with one attached hydrogen (secondary N) is 1. The molecule has 5 heteroatoms. The van der Waals surface area contributed by atoms with Crippen molar-refractivity contribution in [1.29, 1.82) is 0 Å². The standard InChI is InChI=1S/C20H22N2O3/c1-12(2)22-13(3)17(19(23)25-4)18(21-20(22)24)16-10-9-14-7-5-6-8-15(14)11-16/h5-12,18H,1-4H3,(H,21,24)/t18-/m1/s1. The van der Waals surface area contributed by atoms with Gasteiger partial charge in [0.05, 0.1) is 18.7 Å². The number of carbonyl (C=O) groups is 2. The van der Waals surface area contributed by atoms with Crippen molar-refractivity contribution in [3.8, 4) is 0 Å². The number of amides is 2. The summed E-state index contributed by atoms with van der Waals surface area (Å²) >= 11 is 0. The van der Waals surface area contributed by atoms with E-state index in [4.69, 9.17) is 4.74 Å². The third-order valence-corrected chi connectivity index (χ3v) is 4.55. The predicted molar refractivity (Wildman–Crippen MR) is 96.9 cm³/mol. The van der Waals surface area contributed by atoms with Gasteiger partial charge in [-0.3, -0.25) is 4.90 Å². The van der Waals surface area contributed by atoms with Gasteiger partial charge >= 0.3 is 12.0 Å². The summed E-state index contributed by atoms with van der Waals surface area (Å²) in [6.07, 6.45) is 0. The highest BCUT2D eigenvalue weighted by molar-refractivity contribution is 5.95. The van der Waals surface area contributed by atoms with Gasteiger partial charge in [-0.05, 0) is 43.2 Å². The number of hydrogen-bond donors (Lipinski definition) is 1. The summed E-state index contributed by atoms with van der Waals surface area (Å²) in [5.41, 5.74) is 1.95. The van der Waals surface area contributed by atoms with Crippen LogP contribution in [0.3, 0.4) is 0 Å². The topological polar surface area (TPSA) is 58.6 Å². The van der Waals surface area contributed by atoms with Gasteiger partial charge in [0.15, 0.2) is 0 Å². The first-order valence-corrected chi connectivity index (χ1v) is 8.31. The van der Waals surface area contributed by atoms with Crippen LogP contribution in [0.15, 0.2) is 53.7 Å². The maximum absolute atomic E-state index is 12.6. The van der Waals surface area contributed by atoms with Crippen molar-refractivity contribution in [3.05, 3.63) is 59.3 Å². The van der Waals surface area contributed by atoms with E-state index in [2.05, 4.69) is 5.32 Å². The van der Waals surface area contributed by atoms with Crippen LogP contribution >= 0.6 is 0 Å². The molecule has 0 aromatic heterocycles. The van der Waals surface area contributed by atoms with Gasteiger partial charge in [-0.1, -0.05) is 36.4 Å². The Hall–Kier alpha value is -2.82. The maximum atomic E-state index is 12.6. The number of nitrogens with zero attached hydrogens (tertiary/aromatic N) is 1. The zero-order chi connectivity index (χ0) is 18.1. The van der Waals surface area contributed by atoms with Crippen LogP contribution in [0.5, 0.6) is 0 Å². The van der Waals surface area contributed by atoms with Crippen LogP contribution in [-0.2, 0) is 9.53 Å². The average molecular weight is 338 g/mol. The number of methoxy groups -OCH3 is 1. The molecular formula is C20H22N2O3. The Kier molecular flexibility index (Phi) is 4.49. The summed E-state index contributed by atoms with van der Waals surface area (Å²) in [6, 6.07) is 13.1. The molecule has 0 fully saturated rings. The second kappa shape index (κ2) is 6.59. The number of esters is 1. The van der Waals surface area contributed by atoms with Crippen molar-refractivity contribution in [2.45, 2.75) is 32.9 Å². The molecule has 1 heterocycles. The highest BCUT2D eigenvalue weighted by Gasteiger charge is 2.37. The largest absolute Gasteiger partial charge is 0.466 e. The van der Waals surface area contributed by atoms with E-state index in [-0.39, 0.29) is 12.1 Å². The van der Waals surface area contributed by atoms with Gasteiger partial charge in [-0.25, -0.2) is 9.59 Å². The van der Waals surface area contributed by atoms with Crippen LogP contribution in [0, 0.1) is 0 Å². The smallest absolute Gasteiger partial charge is 0.337 e. The minimum absolute atomic E-state index is 0.0581. The number of benzene rings is 2. The summed E-state index contributed by atoms with van der Waals surface area (Å²) in [4.78, 5) is 26.6. The number of hydrogen-bond acceptors (Lipinski definition) is 3. The van der Waals surface area contributed by atoms with Crippen LogP contribution in [0.1, 0.15) is 32.4 Å². The summed E-state index contributed by atoms with van der Waals surface area (Å²) in [7, 11) is 1.36. The lowest BCUT2D eigenvalue weighted by atomic mass is 9.93. The molecule has 0 radical (unpaired) electrons. The lowest BCUT2D eigenvalue weighted by Crippen LogP contribution is -2.50. The van der Waals surface area contributed by atoms with Crippen molar-refractivity contribution in [3.63, 3.8) is 0 Å². The van der Waals surface area contributed by atoms with Crippen LogP contribution in [0.2, 0.25) is 0 Å². The first-order valence-electron chi connectivity index (χ1n) is 8.31. The Labute approximate surface area is 147 Å². The van der Waals surface area contributed by atoms with Crippen molar-refractivity contribution >= 4 is 22.8 Å². The first-order chi connectivity index (χ1) is 11.9. The molecule has 3 rings (SSSR count). The molecule has 0 saturated carbocycles. The van der Waals surface area contributed by atoms with E-state index >= 15 is 0 Å². The highest BCUT2D eigenvalue weighted by atomic mass is 16.5. The Morgan fingerprint density at radius 1 is 1.16 bits per heavy atom. The number of allylic oxidation sites excluding steroid dienone is 1. The fourth-order valence-corrected chi connectivity index (χ4v) is 3.39. The third-order valence-electron chi connectivity index (χ3n) is 4.55. The molecule has 1 N–H and O–H groups in total. The van der Waals surface area contributed by atoms with Gasteiger partial charge in [0.1, 0.15) is 0 Å². The molecule has 0 unspecified atom stereocenters. The van der Waals surface area contributed by atoms with E-state index in [9.17, 15) is 9.59 Å². The molecule has 1 aliphatic heterocycles. The Morgan fingerprint density at radius 3 is 2.48 bits per heavy atom. The monoisotopic (exact) mass is 338 g/mol. The molecule has 0 saturated heterocycles. The fourth-order valence-electron chi connectivity index (χ4n) is 3.39. The van der Waals surface area contributed by atoms with Gasteiger partial charge in [-0.15, -0.1) is 0 Å². The molecule has 2 aromatic carbocycles. The lowest BCUT2D eigenvalue weighted by Gasteiger charge is -2.37. The molecule has 0 aliphatic carbocycles. The summed E-state index contributed by atoms with van der Waals surface area (Å²) < 4.78 is 4.99. The molecular weight excluding hydrogens is 316 g/mol. The van der Waals surface area contributed by atoms with Crippen LogP contribution in [0.4, 0.5) is 4.79 Å². The van der Waals surface area contributed by atoms with Crippen LogP contribution < -0.4 is 5.32 Å². The number of ether oxygens (including phenoxy) is 1. The SMILES string of the molecule is COC(=O)C1=C(C)N(C(C)C)C(=O)N[C@@H]1c1ccc2ccccc2c1. The minimum atomic E-state index is -0.528. The molecule has 130 valence electrons.